The lowest BCUT2D eigenvalue weighted by molar-refractivity contribution is -0.146. The quantitative estimate of drug-likeness (QED) is 0.572. The van der Waals surface area contributed by atoms with E-state index in [4.69, 9.17) is 9.47 Å². The second-order valence-corrected chi connectivity index (χ2v) is 5.25. The van der Waals surface area contributed by atoms with Gasteiger partial charge in [-0.05, 0) is 18.3 Å². The fourth-order valence-corrected chi connectivity index (χ4v) is 1.23. The van der Waals surface area contributed by atoms with E-state index in [1.807, 2.05) is 13.8 Å². The van der Waals surface area contributed by atoms with Crippen LogP contribution in [0.2, 0.25) is 0 Å². The molecule has 0 aromatic carbocycles. The van der Waals surface area contributed by atoms with Crippen LogP contribution in [0.4, 0.5) is 0 Å². The summed E-state index contributed by atoms with van der Waals surface area (Å²) in [5, 5.41) is 0. The first-order valence-electron chi connectivity index (χ1n) is 7.30. The Balaban J connectivity index is 3.56. The van der Waals surface area contributed by atoms with Gasteiger partial charge in [0.05, 0.1) is 13.2 Å². The molecule has 0 aromatic rings. The summed E-state index contributed by atoms with van der Waals surface area (Å²) in [5.74, 6) is 0.332. The van der Waals surface area contributed by atoms with Crippen LogP contribution in [0.25, 0.3) is 0 Å². The molecule has 0 fully saturated rings. The van der Waals surface area contributed by atoms with Crippen molar-refractivity contribution in [3.63, 3.8) is 0 Å². The summed E-state index contributed by atoms with van der Waals surface area (Å²) < 4.78 is 10.2. The molecule has 0 rings (SSSR count). The molecular formula is C15H28O4. The zero-order chi connectivity index (χ0) is 14.7. The van der Waals surface area contributed by atoms with Gasteiger partial charge >= 0.3 is 11.9 Å². The maximum atomic E-state index is 11.4. The molecule has 0 amide bonds. The molecule has 0 saturated heterocycles. The van der Waals surface area contributed by atoms with Gasteiger partial charge in [0, 0.05) is 12.8 Å². The number of hydrogen-bond acceptors (Lipinski definition) is 4. The van der Waals surface area contributed by atoms with E-state index >= 15 is 0 Å². The van der Waals surface area contributed by atoms with Crippen LogP contribution >= 0.6 is 0 Å². The first-order valence-corrected chi connectivity index (χ1v) is 7.30. The van der Waals surface area contributed by atoms with Gasteiger partial charge in [-0.15, -0.1) is 0 Å². The average molecular weight is 272 g/mol. The summed E-state index contributed by atoms with van der Waals surface area (Å²) in [7, 11) is 0. The smallest absolute Gasteiger partial charge is 0.305 e. The van der Waals surface area contributed by atoms with E-state index < -0.39 is 0 Å². The summed E-state index contributed by atoms with van der Waals surface area (Å²) in [5.41, 5.74) is 0. The highest BCUT2D eigenvalue weighted by Gasteiger charge is 2.09. The lowest BCUT2D eigenvalue weighted by atomic mass is 10.1. The van der Waals surface area contributed by atoms with Gasteiger partial charge in [-0.2, -0.15) is 0 Å². The predicted octanol–water partition coefficient (Wildman–Crippen LogP) is 3.34. The van der Waals surface area contributed by atoms with Crippen LogP contribution in [0.15, 0.2) is 0 Å². The summed E-state index contributed by atoms with van der Waals surface area (Å²) >= 11 is 0. The van der Waals surface area contributed by atoms with Gasteiger partial charge in [-0.1, -0.05) is 40.5 Å². The van der Waals surface area contributed by atoms with Gasteiger partial charge in [0.1, 0.15) is 0 Å². The predicted molar refractivity (Wildman–Crippen MR) is 74.7 cm³/mol. The minimum Gasteiger partial charge on any atom is -0.465 e. The fourth-order valence-electron chi connectivity index (χ4n) is 1.23. The molecule has 2 atom stereocenters. The van der Waals surface area contributed by atoms with Crippen LogP contribution in [-0.4, -0.2) is 25.2 Å². The van der Waals surface area contributed by atoms with Crippen molar-refractivity contribution in [3.8, 4) is 0 Å². The van der Waals surface area contributed by atoms with E-state index in [0.717, 1.165) is 12.8 Å². The topological polar surface area (TPSA) is 52.6 Å². The van der Waals surface area contributed by atoms with Crippen LogP contribution in [0.3, 0.4) is 0 Å². The minimum absolute atomic E-state index is 0.227. The average Bonchev–Trinajstić information content (AvgIpc) is 2.41. The number of carbonyl (C=O) groups excluding carboxylic acids is 2. The van der Waals surface area contributed by atoms with Crippen molar-refractivity contribution in [3.05, 3.63) is 0 Å². The molecule has 0 N–H and O–H groups in total. The van der Waals surface area contributed by atoms with E-state index in [2.05, 4.69) is 13.8 Å². The Hall–Kier alpha value is -1.06. The maximum absolute atomic E-state index is 11.4. The third-order valence-electron chi connectivity index (χ3n) is 3.21. The van der Waals surface area contributed by atoms with Crippen molar-refractivity contribution in [1.82, 2.24) is 0 Å². The highest BCUT2D eigenvalue weighted by molar-refractivity contribution is 5.72. The van der Waals surface area contributed by atoms with Gasteiger partial charge in [0.15, 0.2) is 0 Å². The summed E-state index contributed by atoms with van der Waals surface area (Å²) in [4.78, 5) is 22.8. The number of esters is 2. The molecule has 19 heavy (non-hydrogen) atoms. The standard InChI is InChI=1S/C15H28O4/c1-5-12(3)10-18-14(16)8-7-9-15(17)19-11-13(4)6-2/h12-13H,5-11H2,1-4H3/t12-,13+. The van der Waals surface area contributed by atoms with Crippen molar-refractivity contribution in [2.24, 2.45) is 11.8 Å². The highest BCUT2D eigenvalue weighted by Crippen LogP contribution is 2.06. The normalized spacial score (nSPS) is 13.7. The number of hydrogen-bond donors (Lipinski definition) is 0. The molecule has 4 heteroatoms. The Bertz CT molecular complexity index is 237. The second kappa shape index (κ2) is 10.8. The first kappa shape index (κ1) is 17.9. The molecule has 0 heterocycles. The number of rotatable bonds is 10. The Labute approximate surface area is 116 Å². The summed E-state index contributed by atoms with van der Waals surface area (Å²) in [6.07, 6.45) is 3.06. The second-order valence-electron chi connectivity index (χ2n) is 5.25. The molecule has 0 saturated carbocycles. The van der Waals surface area contributed by atoms with Gasteiger partial charge in [-0.25, -0.2) is 0 Å². The molecule has 0 aliphatic rings. The van der Waals surface area contributed by atoms with E-state index in [0.29, 0.717) is 31.5 Å². The molecule has 0 aromatic heterocycles. The van der Waals surface area contributed by atoms with E-state index in [1.165, 1.54) is 0 Å². The molecule has 4 nitrogen and oxygen atoms in total. The van der Waals surface area contributed by atoms with Crippen molar-refractivity contribution in [1.29, 1.82) is 0 Å². The fraction of sp³-hybridized carbons (Fsp3) is 0.867. The van der Waals surface area contributed by atoms with Crippen LogP contribution in [0, 0.1) is 11.8 Å². The zero-order valence-corrected chi connectivity index (χ0v) is 12.7. The Morgan fingerprint density at radius 2 is 1.21 bits per heavy atom. The van der Waals surface area contributed by atoms with Crippen LogP contribution in [0.1, 0.15) is 59.8 Å². The molecule has 0 spiro atoms. The number of ether oxygens (including phenoxy) is 2. The van der Waals surface area contributed by atoms with Gasteiger partial charge in [0.2, 0.25) is 0 Å². The van der Waals surface area contributed by atoms with Crippen molar-refractivity contribution in [2.45, 2.75) is 59.8 Å². The van der Waals surface area contributed by atoms with Crippen LogP contribution in [0.5, 0.6) is 0 Å². The monoisotopic (exact) mass is 272 g/mol. The van der Waals surface area contributed by atoms with Crippen LogP contribution in [-0.2, 0) is 19.1 Å². The minimum atomic E-state index is -0.227. The highest BCUT2D eigenvalue weighted by atomic mass is 16.5. The largest absolute Gasteiger partial charge is 0.465 e. The molecule has 112 valence electrons. The van der Waals surface area contributed by atoms with Crippen molar-refractivity contribution >= 4 is 11.9 Å². The molecule has 0 aliphatic carbocycles. The third-order valence-corrected chi connectivity index (χ3v) is 3.21. The maximum Gasteiger partial charge on any atom is 0.305 e. The third kappa shape index (κ3) is 10.5. The molecule has 0 bridgehead atoms. The Morgan fingerprint density at radius 1 is 0.842 bits per heavy atom. The molecule has 0 radical (unpaired) electrons. The lowest BCUT2D eigenvalue weighted by Gasteiger charge is -2.10. The SMILES string of the molecule is CC[C@@H](C)COC(=O)CCCC(=O)OC[C@@H](C)CC. The van der Waals surface area contributed by atoms with Crippen molar-refractivity contribution in [2.75, 3.05) is 13.2 Å². The summed E-state index contributed by atoms with van der Waals surface area (Å²) in [6.45, 7) is 9.14. The molecular weight excluding hydrogens is 244 g/mol. The van der Waals surface area contributed by atoms with Gasteiger partial charge in [0.25, 0.3) is 0 Å². The summed E-state index contributed by atoms with van der Waals surface area (Å²) in [6, 6.07) is 0. The van der Waals surface area contributed by atoms with Crippen molar-refractivity contribution < 1.29 is 19.1 Å². The van der Waals surface area contributed by atoms with E-state index in [-0.39, 0.29) is 24.8 Å². The van der Waals surface area contributed by atoms with Crippen LogP contribution < -0.4 is 0 Å². The first-order chi connectivity index (χ1) is 8.99. The Kier molecular flexibility index (Phi) is 10.2. The molecule has 0 unspecified atom stereocenters. The van der Waals surface area contributed by atoms with Gasteiger partial charge < -0.3 is 9.47 Å². The zero-order valence-electron chi connectivity index (χ0n) is 12.7. The Morgan fingerprint density at radius 3 is 1.53 bits per heavy atom. The number of carbonyl (C=O) groups is 2. The molecule has 0 aliphatic heterocycles. The van der Waals surface area contributed by atoms with Gasteiger partial charge in [-0.3, -0.25) is 9.59 Å². The van der Waals surface area contributed by atoms with E-state index in [1.54, 1.807) is 0 Å². The lowest BCUT2D eigenvalue weighted by Crippen LogP contribution is -2.13. The van der Waals surface area contributed by atoms with E-state index in [9.17, 15) is 9.59 Å².